The van der Waals surface area contributed by atoms with Gasteiger partial charge in [-0.25, -0.2) is 4.79 Å². The summed E-state index contributed by atoms with van der Waals surface area (Å²) in [5, 5.41) is 0. The molecule has 4 nitrogen and oxygen atoms in total. The highest BCUT2D eigenvalue weighted by Gasteiger charge is 2.32. The molecule has 0 radical (unpaired) electrons. The Hall–Kier alpha value is -1.32. The van der Waals surface area contributed by atoms with Crippen LogP contribution in [0.1, 0.15) is 100 Å². The Labute approximate surface area is 174 Å². The zero-order valence-electron chi connectivity index (χ0n) is 20.2. The molecule has 2 rings (SSSR count). The minimum atomic E-state index is -0.164. The molecule has 1 fully saturated rings. The quantitative estimate of drug-likeness (QED) is 0.484. The Kier molecular flexibility index (Phi) is 15.1. The molecule has 1 saturated carbocycles. The van der Waals surface area contributed by atoms with Crippen molar-refractivity contribution in [1.82, 2.24) is 0 Å². The molecule has 0 bridgehead atoms. The first-order valence-corrected chi connectivity index (χ1v) is 11.0. The zero-order chi connectivity index (χ0) is 22.4. The van der Waals surface area contributed by atoms with E-state index in [2.05, 4.69) is 32.4 Å². The summed E-state index contributed by atoms with van der Waals surface area (Å²) in [7, 11) is 2.91. The highest BCUT2D eigenvalue weighted by atomic mass is 16.5. The summed E-state index contributed by atoms with van der Waals surface area (Å²) in [5.41, 5.74) is 1.43. The third-order valence-corrected chi connectivity index (χ3v) is 5.07. The molecule has 1 atom stereocenters. The second kappa shape index (κ2) is 14.6. The standard InChI is InChI=1S/C10H18O2.C10H16O2.2C2H6/c2*1-10(2)6-4-5-8(7-10)9(11)12-3;2*1-2/h8H,4-7H2,1-3H3;5H,4,6-7H2,1-3H3;2*1-2H3. The van der Waals surface area contributed by atoms with Gasteiger partial charge in [-0.15, -0.1) is 0 Å². The minimum Gasteiger partial charge on any atom is -0.469 e. The van der Waals surface area contributed by atoms with Crippen LogP contribution in [-0.4, -0.2) is 26.2 Å². The van der Waals surface area contributed by atoms with Crippen LogP contribution in [0.15, 0.2) is 11.6 Å². The predicted molar refractivity (Wildman–Crippen MR) is 118 cm³/mol. The molecule has 0 N–H and O–H groups in total. The van der Waals surface area contributed by atoms with Gasteiger partial charge >= 0.3 is 11.9 Å². The van der Waals surface area contributed by atoms with Crippen molar-refractivity contribution in [3.05, 3.63) is 11.6 Å². The summed E-state index contributed by atoms with van der Waals surface area (Å²) in [6.45, 7) is 16.8. The summed E-state index contributed by atoms with van der Waals surface area (Å²) < 4.78 is 9.42. The van der Waals surface area contributed by atoms with E-state index in [-0.39, 0.29) is 23.3 Å². The average Bonchev–Trinajstić information content (AvgIpc) is 2.68. The first kappa shape index (κ1) is 28.9. The fraction of sp³-hybridized carbons (Fsp3) is 0.833. The molecule has 0 amide bonds. The molecular formula is C24H46O4. The van der Waals surface area contributed by atoms with E-state index in [0.717, 1.165) is 44.1 Å². The van der Waals surface area contributed by atoms with Gasteiger partial charge in [-0.1, -0.05) is 67.9 Å². The van der Waals surface area contributed by atoms with Crippen LogP contribution >= 0.6 is 0 Å². The van der Waals surface area contributed by atoms with Gasteiger partial charge in [0.25, 0.3) is 0 Å². The number of rotatable bonds is 2. The first-order valence-electron chi connectivity index (χ1n) is 11.0. The first-order chi connectivity index (χ1) is 13.1. The van der Waals surface area contributed by atoms with Crippen molar-refractivity contribution in [3.63, 3.8) is 0 Å². The normalized spacial score (nSPS) is 21.6. The second-order valence-electron chi connectivity index (χ2n) is 8.58. The lowest BCUT2D eigenvalue weighted by Gasteiger charge is -2.33. The maximum absolute atomic E-state index is 11.2. The molecule has 0 aromatic rings. The van der Waals surface area contributed by atoms with Crippen molar-refractivity contribution in [2.75, 3.05) is 14.2 Å². The second-order valence-corrected chi connectivity index (χ2v) is 8.58. The Balaban J connectivity index is 0. The summed E-state index contributed by atoms with van der Waals surface area (Å²) in [6.07, 6.45) is 9.39. The lowest BCUT2D eigenvalue weighted by atomic mass is 9.72. The molecule has 166 valence electrons. The van der Waals surface area contributed by atoms with E-state index >= 15 is 0 Å². The van der Waals surface area contributed by atoms with Crippen LogP contribution in [0.4, 0.5) is 0 Å². The summed E-state index contributed by atoms with van der Waals surface area (Å²) in [6, 6.07) is 0. The largest absolute Gasteiger partial charge is 0.469 e. The summed E-state index contributed by atoms with van der Waals surface area (Å²) >= 11 is 0. The number of allylic oxidation sites excluding steroid dienone is 1. The van der Waals surface area contributed by atoms with E-state index in [1.165, 1.54) is 20.6 Å². The molecule has 0 spiro atoms. The van der Waals surface area contributed by atoms with Crippen LogP contribution in [0.2, 0.25) is 0 Å². The van der Waals surface area contributed by atoms with Crippen LogP contribution in [0.3, 0.4) is 0 Å². The van der Waals surface area contributed by atoms with Crippen molar-refractivity contribution in [1.29, 1.82) is 0 Å². The third-order valence-electron chi connectivity index (χ3n) is 5.07. The Bertz CT molecular complexity index is 475. The SMILES string of the molecule is CC.CC.COC(=O)C1=CCCC(C)(C)C1.COC(=O)C1CCCC(C)(C)C1. The van der Waals surface area contributed by atoms with Gasteiger partial charge in [0.15, 0.2) is 0 Å². The topological polar surface area (TPSA) is 52.6 Å². The average molecular weight is 399 g/mol. The van der Waals surface area contributed by atoms with Gasteiger partial charge in [0.1, 0.15) is 0 Å². The molecular weight excluding hydrogens is 352 g/mol. The van der Waals surface area contributed by atoms with E-state index in [0.29, 0.717) is 5.41 Å². The Morgan fingerprint density at radius 1 is 0.929 bits per heavy atom. The lowest BCUT2D eigenvalue weighted by Crippen LogP contribution is -2.28. The van der Waals surface area contributed by atoms with E-state index in [4.69, 9.17) is 4.74 Å². The van der Waals surface area contributed by atoms with E-state index in [9.17, 15) is 9.59 Å². The van der Waals surface area contributed by atoms with Gasteiger partial charge in [0, 0.05) is 5.57 Å². The Morgan fingerprint density at radius 2 is 1.50 bits per heavy atom. The fourth-order valence-electron chi connectivity index (χ4n) is 3.67. The van der Waals surface area contributed by atoms with Crippen molar-refractivity contribution >= 4 is 11.9 Å². The summed E-state index contributed by atoms with van der Waals surface area (Å²) in [5.74, 6) is -0.0377. The maximum atomic E-state index is 11.2. The molecule has 2 aliphatic rings. The number of carbonyl (C=O) groups is 2. The zero-order valence-corrected chi connectivity index (χ0v) is 20.2. The number of ether oxygens (including phenoxy) is 2. The van der Waals surface area contributed by atoms with Crippen molar-refractivity contribution in [2.24, 2.45) is 16.7 Å². The van der Waals surface area contributed by atoms with Crippen LogP contribution in [0.5, 0.6) is 0 Å². The molecule has 0 aromatic carbocycles. The van der Waals surface area contributed by atoms with Crippen LogP contribution < -0.4 is 0 Å². The smallest absolute Gasteiger partial charge is 0.333 e. The molecule has 2 aliphatic carbocycles. The third kappa shape index (κ3) is 11.5. The number of hydrogen-bond acceptors (Lipinski definition) is 4. The van der Waals surface area contributed by atoms with Crippen LogP contribution in [0.25, 0.3) is 0 Å². The van der Waals surface area contributed by atoms with Gasteiger partial charge in [-0.3, -0.25) is 4.79 Å². The highest BCUT2D eigenvalue weighted by Crippen LogP contribution is 2.38. The number of carbonyl (C=O) groups excluding carboxylic acids is 2. The monoisotopic (exact) mass is 398 g/mol. The highest BCUT2D eigenvalue weighted by molar-refractivity contribution is 5.88. The molecule has 0 saturated heterocycles. The van der Waals surface area contributed by atoms with E-state index in [1.807, 2.05) is 33.8 Å². The number of hydrogen-bond donors (Lipinski definition) is 0. The van der Waals surface area contributed by atoms with E-state index in [1.54, 1.807) is 0 Å². The van der Waals surface area contributed by atoms with Crippen LogP contribution in [0, 0.1) is 16.7 Å². The lowest BCUT2D eigenvalue weighted by molar-refractivity contribution is -0.148. The Morgan fingerprint density at radius 3 is 1.93 bits per heavy atom. The van der Waals surface area contributed by atoms with Crippen molar-refractivity contribution in [3.8, 4) is 0 Å². The minimum absolute atomic E-state index is 0.0252. The number of methoxy groups -OCH3 is 2. The van der Waals surface area contributed by atoms with E-state index < -0.39 is 0 Å². The van der Waals surface area contributed by atoms with Gasteiger partial charge in [-0.05, 0) is 49.4 Å². The molecule has 0 aliphatic heterocycles. The number of esters is 2. The molecule has 0 aromatic heterocycles. The molecule has 28 heavy (non-hydrogen) atoms. The van der Waals surface area contributed by atoms with Crippen molar-refractivity contribution < 1.29 is 19.1 Å². The van der Waals surface area contributed by atoms with Gasteiger partial charge in [0.05, 0.1) is 20.1 Å². The molecule has 0 heterocycles. The van der Waals surface area contributed by atoms with Gasteiger partial charge < -0.3 is 9.47 Å². The van der Waals surface area contributed by atoms with Gasteiger partial charge in [-0.2, -0.15) is 0 Å². The summed E-state index contributed by atoms with van der Waals surface area (Å²) in [4.78, 5) is 22.4. The fourth-order valence-corrected chi connectivity index (χ4v) is 3.67. The van der Waals surface area contributed by atoms with Gasteiger partial charge in [0.2, 0.25) is 0 Å². The molecule has 4 heteroatoms. The van der Waals surface area contributed by atoms with Crippen molar-refractivity contribution in [2.45, 2.75) is 100 Å². The predicted octanol–water partition coefficient (Wildman–Crippen LogP) is 6.72. The van der Waals surface area contributed by atoms with Crippen LogP contribution in [-0.2, 0) is 19.1 Å². The molecule has 1 unspecified atom stereocenters. The maximum Gasteiger partial charge on any atom is 0.333 e.